The van der Waals surface area contributed by atoms with Crippen LogP contribution in [0.2, 0.25) is 0 Å². The quantitative estimate of drug-likeness (QED) is 0.761. The summed E-state index contributed by atoms with van der Waals surface area (Å²) in [6.45, 7) is 6.24. The standard InChI is InChI=1S/C15H18N2/c1-10-7-8-11(2)14(9-10)17-15-12(3)5-4-6-13(15)16/h4-9,17H,16H2,1-3H3. The maximum absolute atomic E-state index is 5.99. The first kappa shape index (κ1) is 11.5. The van der Waals surface area contributed by atoms with Gasteiger partial charge in [-0.1, -0.05) is 24.3 Å². The Balaban J connectivity index is 2.41. The van der Waals surface area contributed by atoms with Crippen LogP contribution in [-0.4, -0.2) is 0 Å². The Labute approximate surface area is 102 Å². The molecule has 0 saturated carbocycles. The third-order valence-electron chi connectivity index (χ3n) is 2.96. The van der Waals surface area contributed by atoms with Crippen molar-refractivity contribution in [3.05, 3.63) is 53.1 Å². The Morgan fingerprint density at radius 1 is 0.941 bits per heavy atom. The van der Waals surface area contributed by atoms with Gasteiger partial charge in [0.05, 0.1) is 11.4 Å². The molecule has 2 rings (SSSR count). The average molecular weight is 226 g/mol. The molecular formula is C15H18N2. The van der Waals surface area contributed by atoms with Gasteiger partial charge in [-0.15, -0.1) is 0 Å². The van der Waals surface area contributed by atoms with Crippen LogP contribution < -0.4 is 11.1 Å². The lowest BCUT2D eigenvalue weighted by Gasteiger charge is -2.14. The van der Waals surface area contributed by atoms with E-state index >= 15 is 0 Å². The number of aryl methyl sites for hydroxylation is 3. The summed E-state index contributed by atoms with van der Waals surface area (Å²) in [6, 6.07) is 12.3. The van der Waals surface area contributed by atoms with Crippen molar-refractivity contribution in [1.29, 1.82) is 0 Å². The zero-order chi connectivity index (χ0) is 12.4. The van der Waals surface area contributed by atoms with Crippen LogP contribution in [0.15, 0.2) is 36.4 Å². The molecule has 0 radical (unpaired) electrons. The molecule has 0 fully saturated rings. The van der Waals surface area contributed by atoms with Gasteiger partial charge >= 0.3 is 0 Å². The van der Waals surface area contributed by atoms with E-state index in [1.165, 1.54) is 11.1 Å². The summed E-state index contributed by atoms with van der Waals surface area (Å²) in [5.74, 6) is 0. The number of nitrogens with one attached hydrogen (secondary N) is 1. The maximum Gasteiger partial charge on any atom is 0.0647 e. The summed E-state index contributed by atoms with van der Waals surface area (Å²) in [6.07, 6.45) is 0. The molecule has 88 valence electrons. The third kappa shape index (κ3) is 2.41. The number of anilines is 3. The summed E-state index contributed by atoms with van der Waals surface area (Å²) in [4.78, 5) is 0. The molecule has 3 N–H and O–H groups in total. The Bertz CT molecular complexity index is 524. The maximum atomic E-state index is 5.99. The van der Waals surface area contributed by atoms with E-state index in [9.17, 15) is 0 Å². The van der Waals surface area contributed by atoms with Crippen molar-refractivity contribution in [2.45, 2.75) is 20.8 Å². The van der Waals surface area contributed by atoms with Crippen molar-refractivity contribution in [3.8, 4) is 0 Å². The molecule has 0 heterocycles. The topological polar surface area (TPSA) is 38.0 Å². The van der Waals surface area contributed by atoms with Crippen molar-refractivity contribution in [2.75, 3.05) is 11.1 Å². The van der Waals surface area contributed by atoms with E-state index in [0.29, 0.717) is 0 Å². The fraction of sp³-hybridized carbons (Fsp3) is 0.200. The molecule has 0 amide bonds. The average Bonchev–Trinajstić information content (AvgIpc) is 2.28. The molecule has 2 nitrogen and oxygen atoms in total. The SMILES string of the molecule is Cc1ccc(C)c(Nc2c(C)cccc2N)c1. The zero-order valence-electron chi connectivity index (χ0n) is 10.5. The van der Waals surface area contributed by atoms with Gasteiger partial charge in [0, 0.05) is 5.69 Å². The Morgan fingerprint density at radius 3 is 2.41 bits per heavy atom. The minimum atomic E-state index is 0.783. The van der Waals surface area contributed by atoms with Gasteiger partial charge in [-0.25, -0.2) is 0 Å². The van der Waals surface area contributed by atoms with Gasteiger partial charge in [0.25, 0.3) is 0 Å². The molecular weight excluding hydrogens is 208 g/mol. The minimum absolute atomic E-state index is 0.783. The zero-order valence-corrected chi connectivity index (χ0v) is 10.5. The van der Waals surface area contributed by atoms with Gasteiger partial charge < -0.3 is 11.1 Å². The molecule has 0 atom stereocenters. The fourth-order valence-corrected chi connectivity index (χ4v) is 1.87. The van der Waals surface area contributed by atoms with Gasteiger partial charge in [0.2, 0.25) is 0 Å². The van der Waals surface area contributed by atoms with Gasteiger partial charge in [0.15, 0.2) is 0 Å². The first-order valence-corrected chi connectivity index (χ1v) is 5.77. The van der Waals surface area contributed by atoms with Gasteiger partial charge in [-0.05, 0) is 49.6 Å². The molecule has 0 aliphatic rings. The molecule has 0 unspecified atom stereocenters. The molecule has 2 aromatic carbocycles. The van der Waals surface area contributed by atoms with Crippen molar-refractivity contribution < 1.29 is 0 Å². The van der Waals surface area contributed by atoms with Crippen molar-refractivity contribution >= 4 is 17.1 Å². The molecule has 2 heteroatoms. The van der Waals surface area contributed by atoms with E-state index in [0.717, 1.165) is 22.6 Å². The lowest BCUT2D eigenvalue weighted by molar-refractivity contribution is 1.36. The predicted molar refractivity (Wildman–Crippen MR) is 74.8 cm³/mol. The number of nitrogens with two attached hydrogens (primary N) is 1. The second kappa shape index (κ2) is 4.50. The first-order chi connectivity index (χ1) is 8.08. The van der Waals surface area contributed by atoms with Gasteiger partial charge in [-0.3, -0.25) is 0 Å². The number of hydrogen-bond donors (Lipinski definition) is 2. The first-order valence-electron chi connectivity index (χ1n) is 5.77. The second-order valence-corrected chi connectivity index (χ2v) is 4.48. The van der Waals surface area contributed by atoms with Crippen LogP contribution >= 0.6 is 0 Å². The highest BCUT2D eigenvalue weighted by atomic mass is 14.9. The van der Waals surface area contributed by atoms with E-state index in [2.05, 4.69) is 50.4 Å². The van der Waals surface area contributed by atoms with Crippen LogP contribution in [0.25, 0.3) is 0 Å². The summed E-state index contributed by atoms with van der Waals surface area (Å²) in [5, 5.41) is 3.42. The minimum Gasteiger partial charge on any atom is -0.397 e. The Hall–Kier alpha value is -1.96. The number of para-hydroxylation sites is 1. The third-order valence-corrected chi connectivity index (χ3v) is 2.96. The smallest absolute Gasteiger partial charge is 0.0647 e. The van der Waals surface area contributed by atoms with Crippen LogP contribution in [-0.2, 0) is 0 Å². The second-order valence-electron chi connectivity index (χ2n) is 4.48. The highest BCUT2D eigenvalue weighted by Gasteiger charge is 2.05. The van der Waals surface area contributed by atoms with Crippen molar-refractivity contribution in [2.24, 2.45) is 0 Å². The number of hydrogen-bond acceptors (Lipinski definition) is 2. The number of benzene rings is 2. The Morgan fingerprint density at radius 2 is 1.71 bits per heavy atom. The number of nitrogen functional groups attached to an aromatic ring is 1. The lowest BCUT2D eigenvalue weighted by atomic mass is 10.1. The molecule has 0 spiro atoms. The molecule has 0 aromatic heterocycles. The van der Waals surface area contributed by atoms with Gasteiger partial charge in [0.1, 0.15) is 0 Å². The monoisotopic (exact) mass is 226 g/mol. The molecule has 0 aliphatic heterocycles. The summed E-state index contributed by atoms with van der Waals surface area (Å²) >= 11 is 0. The molecule has 2 aromatic rings. The van der Waals surface area contributed by atoms with E-state index in [1.54, 1.807) is 0 Å². The summed E-state index contributed by atoms with van der Waals surface area (Å²) in [5.41, 5.74) is 12.5. The highest BCUT2D eigenvalue weighted by Crippen LogP contribution is 2.28. The highest BCUT2D eigenvalue weighted by molar-refractivity contribution is 5.76. The fourth-order valence-electron chi connectivity index (χ4n) is 1.87. The summed E-state index contributed by atoms with van der Waals surface area (Å²) in [7, 11) is 0. The molecule has 0 saturated heterocycles. The van der Waals surface area contributed by atoms with E-state index in [-0.39, 0.29) is 0 Å². The lowest BCUT2D eigenvalue weighted by Crippen LogP contribution is -2.00. The van der Waals surface area contributed by atoms with Crippen LogP contribution in [0, 0.1) is 20.8 Å². The van der Waals surface area contributed by atoms with Crippen LogP contribution in [0.4, 0.5) is 17.1 Å². The van der Waals surface area contributed by atoms with E-state index < -0.39 is 0 Å². The van der Waals surface area contributed by atoms with Crippen molar-refractivity contribution in [1.82, 2.24) is 0 Å². The molecule has 0 aliphatic carbocycles. The van der Waals surface area contributed by atoms with Crippen molar-refractivity contribution in [3.63, 3.8) is 0 Å². The van der Waals surface area contributed by atoms with Crippen LogP contribution in [0.1, 0.15) is 16.7 Å². The normalized spacial score (nSPS) is 10.3. The molecule has 17 heavy (non-hydrogen) atoms. The van der Waals surface area contributed by atoms with Crippen LogP contribution in [0.5, 0.6) is 0 Å². The van der Waals surface area contributed by atoms with E-state index in [4.69, 9.17) is 5.73 Å². The number of rotatable bonds is 2. The molecule has 0 bridgehead atoms. The van der Waals surface area contributed by atoms with E-state index in [1.807, 2.05) is 12.1 Å². The summed E-state index contributed by atoms with van der Waals surface area (Å²) < 4.78 is 0. The van der Waals surface area contributed by atoms with Gasteiger partial charge in [-0.2, -0.15) is 0 Å². The van der Waals surface area contributed by atoms with Crippen LogP contribution in [0.3, 0.4) is 0 Å². The predicted octanol–water partition coefficient (Wildman–Crippen LogP) is 3.94. The largest absolute Gasteiger partial charge is 0.397 e. The Kier molecular flexibility index (Phi) is 3.05.